The Morgan fingerprint density at radius 2 is 2.00 bits per heavy atom. The molecule has 0 fully saturated rings. The maximum absolute atomic E-state index is 11.7. The van der Waals surface area contributed by atoms with Crippen molar-refractivity contribution in [3.63, 3.8) is 0 Å². The lowest BCUT2D eigenvalue weighted by atomic mass is 10.1. The van der Waals surface area contributed by atoms with Crippen molar-refractivity contribution in [2.75, 3.05) is 20.7 Å². The number of hydrogen-bond donors (Lipinski definition) is 2. The second-order valence-corrected chi connectivity index (χ2v) is 6.37. The lowest BCUT2D eigenvalue weighted by molar-refractivity contribution is 0.414. The topological polar surface area (TPSA) is 99.2 Å². The Morgan fingerprint density at radius 1 is 1.32 bits per heavy atom. The van der Waals surface area contributed by atoms with Crippen molar-refractivity contribution in [3.8, 4) is 5.75 Å². The highest BCUT2D eigenvalue weighted by atomic mass is 32.2. The van der Waals surface area contributed by atoms with E-state index >= 15 is 0 Å². The predicted molar refractivity (Wildman–Crippen MR) is 83.3 cm³/mol. The lowest BCUT2D eigenvalue weighted by Gasteiger charge is -2.03. The minimum Gasteiger partial charge on any atom is -0.497 e. The maximum Gasteiger partial charge on any atom is 0.257 e. The van der Waals surface area contributed by atoms with E-state index in [1.165, 1.54) is 0 Å². The van der Waals surface area contributed by atoms with Crippen LogP contribution in [0.3, 0.4) is 0 Å². The Bertz CT molecular complexity index is 723. The van der Waals surface area contributed by atoms with Crippen LogP contribution in [0.1, 0.15) is 11.1 Å². The molecule has 2 rings (SSSR count). The standard InChI is InChI=1S/C14H20N4O3S/c1-16-7-8-18-10-12(14(17-18)22(15,19)20)9-11-3-5-13(21-2)6-4-11/h3-6,10,16H,7-9H2,1-2H3,(H2,15,19,20). The van der Waals surface area contributed by atoms with E-state index < -0.39 is 10.0 Å². The highest BCUT2D eigenvalue weighted by Gasteiger charge is 2.19. The zero-order valence-corrected chi connectivity index (χ0v) is 13.4. The maximum atomic E-state index is 11.7. The first-order valence-corrected chi connectivity index (χ1v) is 8.35. The molecule has 0 saturated heterocycles. The van der Waals surface area contributed by atoms with Crippen LogP contribution in [0.25, 0.3) is 0 Å². The van der Waals surface area contributed by atoms with Gasteiger partial charge in [0, 0.05) is 24.7 Å². The molecule has 120 valence electrons. The van der Waals surface area contributed by atoms with E-state index in [1.807, 2.05) is 31.3 Å². The van der Waals surface area contributed by atoms with Crippen molar-refractivity contribution >= 4 is 10.0 Å². The SMILES string of the molecule is CNCCn1cc(Cc2ccc(OC)cc2)c(S(N)(=O)=O)n1. The molecule has 7 nitrogen and oxygen atoms in total. The largest absolute Gasteiger partial charge is 0.497 e. The summed E-state index contributed by atoms with van der Waals surface area (Å²) in [6.45, 7) is 1.26. The second kappa shape index (κ2) is 6.91. The fourth-order valence-electron chi connectivity index (χ4n) is 2.11. The molecule has 0 radical (unpaired) electrons. The number of nitrogens with zero attached hydrogens (tertiary/aromatic N) is 2. The summed E-state index contributed by atoms with van der Waals surface area (Å²) in [4.78, 5) is 0. The third kappa shape index (κ3) is 4.06. The van der Waals surface area contributed by atoms with E-state index in [4.69, 9.17) is 9.88 Å². The van der Waals surface area contributed by atoms with Crippen molar-refractivity contribution in [3.05, 3.63) is 41.6 Å². The van der Waals surface area contributed by atoms with Gasteiger partial charge in [-0.05, 0) is 24.7 Å². The molecule has 3 N–H and O–H groups in total. The van der Waals surface area contributed by atoms with Crippen molar-refractivity contribution < 1.29 is 13.2 Å². The molecule has 0 bridgehead atoms. The number of aromatic nitrogens is 2. The molecule has 0 aliphatic rings. The van der Waals surface area contributed by atoms with Gasteiger partial charge in [-0.15, -0.1) is 0 Å². The molecule has 2 aromatic rings. The first-order chi connectivity index (χ1) is 10.4. The molecular formula is C14H20N4O3S. The van der Waals surface area contributed by atoms with E-state index in [0.717, 1.165) is 11.3 Å². The predicted octanol–water partition coefficient (Wildman–Crippen LogP) is 0.349. The van der Waals surface area contributed by atoms with Gasteiger partial charge in [0.1, 0.15) is 5.75 Å². The van der Waals surface area contributed by atoms with Crippen molar-refractivity contribution in [1.82, 2.24) is 15.1 Å². The Morgan fingerprint density at radius 3 is 2.55 bits per heavy atom. The fraction of sp³-hybridized carbons (Fsp3) is 0.357. The van der Waals surface area contributed by atoms with Gasteiger partial charge in [0.05, 0.1) is 13.7 Å². The number of nitrogens with one attached hydrogen (secondary N) is 1. The molecule has 1 aromatic heterocycles. The summed E-state index contributed by atoms with van der Waals surface area (Å²) in [6, 6.07) is 7.43. The molecule has 0 aliphatic carbocycles. The van der Waals surface area contributed by atoms with Crippen molar-refractivity contribution in [2.45, 2.75) is 18.0 Å². The third-order valence-electron chi connectivity index (χ3n) is 3.21. The summed E-state index contributed by atoms with van der Waals surface area (Å²) < 4.78 is 30.1. The molecule has 0 unspecified atom stereocenters. The van der Waals surface area contributed by atoms with Gasteiger partial charge >= 0.3 is 0 Å². The quantitative estimate of drug-likeness (QED) is 0.765. The molecule has 1 heterocycles. The van der Waals surface area contributed by atoms with Crippen LogP contribution in [-0.2, 0) is 23.0 Å². The monoisotopic (exact) mass is 324 g/mol. The molecule has 0 aliphatic heterocycles. The summed E-state index contributed by atoms with van der Waals surface area (Å²) in [5.74, 6) is 0.750. The molecular weight excluding hydrogens is 304 g/mol. The summed E-state index contributed by atoms with van der Waals surface area (Å²) in [5, 5.41) is 12.3. The van der Waals surface area contributed by atoms with Crippen LogP contribution in [0.2, 0.25) is 0 Å². The molecule has 0 amide bonds. The van der Waals surface area contributed by atoms with Gasteiger partial charge in [-0.1, -0.05) is 12.1 Å². The van der Waals surface area contributed by atoms with Crippen LogP contribution in [0.4, 0.5) is 0 Å². The lowest BCUT2D eigenvalue weighted by Crippen LogP contribution is -2.17. The number of methoxy groups -OCH3 is 1. The molecule has 1 aromatic carbocycles. The summed E-state index contributed by atoms with van der Waals surface area (Å²) in [7, 11) is -0.429. The van der Waals surface area contributed by atoms with Crippen LogP contribution >= 0.6 is 0 Å². The molecule has 22 heavy (non-hydrogen) atoms. The number of likely N-dealkylation sites (N-methyl/N-ethyl adjacent to an activating group) is 1. The van der Waals surface area contributed by atoms with Gasteiger partial charge in [-0.25, -0.2) is 13.6 Å². The van der Waals surface area contributed by atoms with E-state index in [9.17, 15) is 8.42 Å². The number of rotatable bonds is 7. The second-order valence-electron chi connectivity index (χ2n) is 4.90. The number of primary sulfonamides is 1. The fourth-order valence-corrected chi connectivity index (χ4v) is 2.82. The van der Waals surface area contributed by atoms with Crippen LogP contribution in [-0.4, -0.2) is 38.9 Å². The molecule has 0 saturated carbocycles. The van der Waals surface area contributed by atoms with Crippen molar-refractivity contribution in [2.24, 2.45) is 5.14 Å². The minimum absolute atomic E-state index is 0.0700. The number of sulfonamides is 1. The van der Waals surface area contributed by atoms with E-state index in [1.54, 1.807) is 18.0 Å². The Kier molecular flexibility index (Phi) is 5.17. The number of benzene rings is 1. The number of nitrogens with two attached hydrogens (primary N) is 1. The average molecular weight is 324 g/mol. The summed E-state index contributed by atoms with van der Waals surface area (Å²) >= 11 is 0. The molecule has 0 spiro atoms. The first kappa shape index (κ1) is 16.5. The first-order valence-electron chi connectivity index (χ1n) is 6.80. The zero-order chi connectivity index (χ0) is 16.2. The van der Waals surface area contributed by atoms with E-state index in [0.29, 0.717) is 25.1 Å². The van der Waals surface area contributed by atoms with E-state index in [-0.39, 0.29) is 5.03 Å². The van der Waals surface area contributed by atoms with Crippen LogP contribution in [0, 0.1) is 0 Å². The number of ether oxygens (including phenoxy) is 1. The van der Waals surface area contributed by atoms with E-state index in [2.05, 4.69) is 10.4 Å². The summed E-state index contributed by atoms with van der Waals surface area (Å²) in [6.07, 6.45) is 2.16. The average Bonchev–Trinajstić information content (AvgIpc) is 2.89. The zero-order valence-electron chi connectivity index (χ0n) is 12.6. The van der Waals surface area contributed by atoms with Gasteiger partial charge < -0.3 is 10.1 Å². The Balaban J connectivity index is 2.29. The highest BCUT2D eigenvalue weighted by Crippen LogP contribution is 2.19. The van der Waals surface area contributed by atoms with Gasteiger partial charge in [0.2, 0.25) is 0 Å². The van der Waals surface area contributed by atoms with Crippen LogP contribution in [0.15, 0.2) is 35.5 Å². The molecule has 8 heteroatoms. The normalized spacial score (nSPS) is 11.6. The van der Waals surface area contributed by atoms with Gasteiger partial charge in [0.15, 0.2) is 5.03 Å². The van der Waals surface area contributed by atoms with Gasteiger partial charge in [0.25, 0.3) is 10.0 Å². The highest BCUT2D eigenvalue weighted by molar-refractivity contribution is 7.89. The van der Waals surface area contributed by atoms with Crippen LogP contribution in [0.5, 0.6) is 5.75 Å². The summed E-state index contributed by atoms with van der Waals surface area (Å²) in [5.41, 5.74) is 1.54. The van der Waals surface area contributed by atoms with Crippen LogP contribution < -0.4 is 15.2 Å². The number of hydrogen-bond acceptors (Lipinski definition) is 5. The Hall–Kier alpha value is -1.90. The minimum atomic E-state index is -3.85. The van der Waals surface area contributed by atoms with Crippen molar-refractivity contribution in [1.29, 1.82) is 0 Å². The van der Waals surface area contributed by atoms with Gasteiger partial charge in [-0.2, -0.15) is 5.10 Å². The Labute approximate surface area is 130 Å². The third-order valence-corrected chi connectivity index (χ3v) is 4.10. The smallest absolute Gasteiger partial charge is 0.257 e. The van der Waals surface area contributed by atoms with Gasteiger partial charge in [-0.3, -0.25) is 4.68 Å². The molecule has 0 atom stereocenters.